The van der Waals surface area contributed by atoms with Crippen molar-refractivity contribution in [3.8, 4) is 0 Å². The molecule has 142 valence electrons. The first-order valence-corrected chi connectivity index (χ1v) is 11.1. The molecule has 1 aliphatic carbocycles. The lowest BCUT2D eigenvalue weighted by molar-refractivity contribution is 0.309. The van der Waals surface area contributed by atoms with E-state index in [1.807, 2.05) is 6.07 Å². The van der Waals surface area contributed by atoms with Crippen LogP contribution >= 0.6 is 12.2 Å². The molecule has 1 saturated carbocycles. The third kappa shape index (κ3) is 4.94. The van der Waals surface area contributed by atoms with Crippen LogP contribution in [0.4, 0.5) is 5.69 Å². The summed E-state index contributed by atoms with van der Waals surface area (Å²) in [6.45, 7) is 2.92. The fourth-order valence-electron chi connectivity index (χ4n) is 3.44. The van der Waals surface area contributed by atoms with Gasteiger partial charge in [-0.3, -0.25) is 9.71 Å². The zero-order valence-electron chi connectivity index (χ0n) is 15.0. The van der Waals surface area contributed by atoms with Crippen molar-refractivity contribution in [2.24, 2.45) is 10.9 Å². The van der Waals surface area contributed by atoms with E-state index < -0.39 is 10.0 Å². The third-order valence-corrected chi connectivity index (χ3v) is 6.56. The molecule has 0 saturated heterocycles. The normalized spacial score (nSPS) is 23.2. The van der Waals surface area contributed by atoms with Crippen LogP contribution in [-0.4, -0.2) is 32.0 Å². The summed E-state index contributed by atoms with van der Waals surface area (Å²) in [7, 11) is -3.62. The second-order valence-corrected chi connectivity index (χ2v) is 9.12. The topological polar surface area (TPSA) is 82.6 Å². The number of amidine groups is 1. The minimum absolute atomic E-state index is 0.200. The first-order chi connectivity index (χ1) is 12.4. The Morgan fingerprint density at radius 3 is 2.77 bits per heavy atom. The van der Waals surface area contributed by atoms with E-state index in [1.54, 1.807) is 18.2 Å². The van der Waals surface area contributed by atoms with Crippen LogP contribution in [0.3, 0.4) is 0 Å². The van der Waals surface area contributed by atoms with E-state index in [0.717, 1.165) is 12.8 Å². The van der Waals surface area contributed by atoms with E-state index in [0.29, 0.717) is 41.6 Å². The predicted octanol–water partition coefficient (Wildman–Crippen LogP) is 3.02. The quantitative estimate of drug-likeness (QED) is 0.684. The van der Waals surface area contributed by atoms with Gasteiger partial charge >= 0.3 is 0 Å². The minimum Gasteiger partial charge on any atom is -0.359 e. The molecule has 3 N–H and O–H groups in total. The largest absolute Gasteiger partial charge is 0.359 e. The second kappa shape index (κ2) is 8.35. The maximum Gasteiger partial charge on any atom is 0.262 e. The molecular formula is C18H26N4O2S2. The van der Waals surface area contributed by atoms with Crippen LogP contribution in [0.1, 0.15) is 45.4 Å². The van der Waals surface area contributed by atoms with Crippen molar-refractivity contribution >= 4 is 38.9 Å². The lowest BCUT2D eigenvalue weighted by Crippen LogP contribution is -2.43. The third-order valence-electron chi connectivity index (χ3n) is 4.96. The van der Waals surface area contributed by atoms with Gasteiger partial charge in [0.1, 0.15) is 5.84 Å². The summed E-state index contributed by atoms with van der Waals surface area (Å²) in [6, 6.07) is 7.06. The SMILES string of the molecule is CC1CCCCC1NC(=S)Nc1cccc(S(=O)(=O)NC2=NCCC2)c1. The van der Waals surface area contributed by atoms with E-state index in [-0.39, 0.29) is 4.90 Å². The monoisotopic (exact) mass is 394 g/mol. The van der Waals surface area contributed by atoms with E-state index in [2.05, 4.69) is 27.3 Å². The van der Waals surface area contributed by atoms with Gasteiger partial charge < -0.3 is 10.6 Å². The summed E-state index contributed by atoms with van der Waals surface area (Å²) in [5, 5.41) is 7.02. The molecule has 1 fully saturated rings. The number of sulfonamides is 1. The second-order valence-electron chi connectivity index (χ2n) is 7.03. The highest BCUT2D eigenvalue weighted by molar-refractivity contribution is 7.90. The van der Waals surface area contributed by atoms with Crippen LogP contribution in [0.5, 0.6) is 0 Å². The molecule has 2 atom stereocenters. The number of thiocarbonyl (C=S) groups is 1. The van der Waals surface area contributed by atoms with Gasteiger partial charge in [-0.05, 0) is 55.6 Å². The first-order valence-electron chi connectivity index (χ1n) is 9.18. The highest BCUT2D eigenvalue weighted by Crippen LogP contribution is 2.24. The number of benzene rings is 1. The predicted molar refractivity (Wildman–Crippen MR) is 109 cm³/mol. The molecule has 1 aromatic carbocycles. The minimum atomic E-state index is -3.62. The summed E-state index contributed by atoms with van der Waals surface area (Å²) in [5.74, 6) is 1.12. The van der Waals surface area contributed by atoms with Crippen molar-refractivity contribution in [1.82, 2.24) is 10.0 Å². The van der Waals surface area contributed by atoms with Crippen molar-refractivity contribution in [2.75, 3.05) is 11.9 Å². The van der Waals surface area contributed by atoms with E-state index in [4.69, 9.17) is 12.2 Å². The molecule has 0 aromatic heterocycles. The number of hydrogen-bond donors (Lipinski definition) is 3. The van der Waals surface area contributed by atoms with E-state index in [9.17, 15) is 8.42 Å². The Balaban J connectivity index is 1.64. The van der Waals surface area contributed by atoms with Crippen LogP contribution in [0.25, 0.3) is 0 Å². The van der Waals surface area contributed by atoms with E-state index >= 15 is 0 Å². The van der Waals surface area contributed by atoms with Crippen molar-refractivity contribution in [3.05, 3.63) is 24.3 Å². The molecule has 0 spiro atoms. The molecule has 2 unspecified atom stereocenters. The number of nitrogens with zero attached hydrogens (tertiary/aromatic N) is 1. The number of hydrogen-bond acceptors (Lipinski definition) is 4. The van der Waals surface area contributed by atoms with Crippen molar-refractivity contribution in [3.63, 3.8) is 0 Å². The standard InChI is InChI=1S/C18H26N4O2S2/c1-13-6-2-3-9-16(13)21-18(25)20-14-7-4-8-15(12-14)26(23,24)22-17-10-5-11-19-17/h4,7-8,12-13,16H,2-3,5-6,9-11H2,1H3,(H,19,22)(H2,20,21,25). The average Bonchev–Trinajstić information content (AvgIpc) is 3.09. The summed E-state index contributed by atoms with van der Waals surface area (Å²) in [4.78, 5) is 4.37. The Labute approximate surface area is 160 Å². The number of nitrogens with one attached hydrogen (secondary N) is 3. The Hall–Kier alpha value is -1.67. The number of anilines is 1. The lowest BCUT2D eigenvalue weighted by atomic mass is 9.86. The summed E-state index contributed by atoms with van der Waals surface area (Å²) in [6.07, 6.45) is 6.38. The maximum atomic E-state index is 12.5. The molecule has 6 nitrogen and oxygen atoms in total. The van der Waals surface area contributed by atoms with Gasteiger partial charge in [-0.15, -0.1) is 0 Å². The molecule has 0 bridgehead atoms. The first kappa shape index (κ1) is 19.1. The Morgan fingerprint density at radius 1 is 1.23 bits per heavy atom. The molecule has 1 heterocycles. The highest BCUT2D eigenvalue weighted by atomic mass is 32.2. The van der Waals surface area contributed by atoms with Gasteiger partial charge in [0.25, 0.3) is 10.0 Å². The van der Waals surface area contributed by atoms with Crippen LogP contribution in [0.2, 0.25) is 0 Å². The Bertz CT molecular complexity index is 792. The van der Waals surface area contributed by atoms with Gasteiger partial charge in [0.2, 0.25) is 0 Å². The zero-order chi connectivity index (χ0) is 18.6. The van der Waals surface area contributed by atoms with Gasteiger partial charge in [-0.1, -0.05) is 25.8 Å². The van der Waals surface area contributed by atoms with Crippen LogP contribution < -0.4 is 15.4 Å². The highest BCUT2D eigenvalue weighted by Gasteiger charge is 2.22. The molecule has 1 aliphatic heterocycles. The summed E-state index contributed by atoms with van der Waals surface area (Å²) >= 11 is 5.42. The van der Waals surface area contributed by atoms with Crippen LogP contribution in [-0.2, 0) is 10.0 Å². The number of aliphatic imine (C=N–C) groups is 1. The van der Waals surface area contributed by atoms with Gasteiger partial charge in [0.15, 0.2) is 5.11 Å². The maximum absolute atomic E-state index is 12.5. The van der Waals surface area contributed by atoms with Gasteiger partial charge in [0.05, 0.1) is 4.90 Å². The van der Waals surface area contributed by atoms with Crippen molar-refractivity contribution < 1.29 is 8.42 Å². The summed E-state index contributed by atoms with van der Waals surface area (Å²) < 4.78 is 27.6. The molecular weight excluding hydrogens is 368 g/mol. The molecule has 3 rings (SSSR count). The average molecular weight is 395 g/mol. The van der Waals surface area contributed by atoms with Gasteiger partial charge in [-0.2, -0.15) is 0 Å². The fraction of sp³-hybridized carbons (Fsp3) is 0.556. The van der Waals surface area contributed by atoms with Crippen molar-refractivity contribution in [1.29, 1.82) is 0 Å². The molecule has 1 aromatic rings. The zero-order valence-corrected chi connectivity index (χ0v) is 16.6. The number of rotatable bonds is 4. The molecule has 26 heavy (non-hydrogen) atoms. The van der Waals surface area contributed by atoms with Crippen molar-refractivity contribution in [2.45, 2.75) is 56.4 Å². The summed E-state index contributed by atoms with van der Waals surface area (Å²) in [5.41, 5.74) is 0.655. The molecule has 0 amide bonds. The Morgan fingerprint density at radius 2 is 2.04 bits per heavy atom. The Kier molecular flexibility index (Phi) is 6.13. The van der Waals surface area contributed by atoms with Gasteiger partial charge in [0, 0.05) is 24.7 Å². The fourth-order valence-corrected chi connectivity index (χ4v) is 4.85. The van der Waals surface area contributed by atoms with E-state index in [1.165, 1.54) is 19.3 Å². The van der Waals surface area contributed by atoms with Gasteiger partial charge in [-0.25, -0.2) is 8.42 Å². The lowest BCUT2D eigenvalue weighted by Gasteiger charge is -2.30. The molecule has 8 heteroatoms. The molecule has 0 radical (unpaired) electrons. The van der Waals surface area contributed by atoms with Crippen LogP contribution in [0, 0.1) is 5.92 Å². The molecule has 2 aliphatic rings. The van der Waals surface area contributed by atoms with Crippen LogP contribution in [0.15, 0.2) is 34.2 Å². The smallest absolute Gasteiger partial charge is 0.262 e.